The van der Waals surface area contributed by atoms with E-state index in [1.54, 1.807) is 6.07 Å². The molecule has 2 fully saturated rings. The van der Waals surface area contributed by atoms with Crippen molar-refractivity contribution in [2.75, 3.05) is 44.3 Å². The summed E-state index contributed by atoms with van der Waals surface area (Å²) in [5, 5.41) is 0. The Morgan fingerprint density at radius 2 is 1.55 bits per heavy atom. The second-order valence-corrected chi connectivity index (χ2v) is 11.2. The van der Waals surface area contributed by atoms with E-state index in [1.807, 2.05) is 12.1 Å². The lowest BCUT2D eigenvalue weighted by atomic mass is 9.87. The summed E-state index contributed by atoms with van der Waals surface area (Å²) in [6, 6.07) is 23.0. The summed E-state index contributed by atoms with van der Waals surface area (Å²) in [7, 11) is 0. The van der Waals surface area contributed by atoms with E-state index >= 15 is 0 Å². The molecule has 0 unspecified atom stereocenters. The van der Waals surface area contributed by atoms with Crippen molar-refractivity contribution >= 4 is 16.8 Å². The lowest BCUT2D eigenvalue weighted by Gasteiger charge is -2.20. The van der Waals surface area contributed by atoms with Gasteiger partial charge < -0.3 is 9.64 Å². The van der Waals surface area contributed by atoms with Crippen molar-refractivity contribution in [3.05, 3.63) is 89.0 Å². The van der Waals surface area contributed by atoms with Crippen molar-refractivity contribution in [1.29, 1.82) is 0 Å². The highest BCUT2D eigenvalue weighted by Gasteiger charge is 2.25. The van der Waals surface area contributed by atoms with E-state index in [4.69, 9.17) is 4.74 Å². The molecule has 4 nitrogen and oxygen atoms in total. The molecule has 0 amide bonds. The standard InChI is InChI=1S/C34H38F2N2O2/c35-18-4-19-37-22-17-31(24-37)39-29-13-9-26(10-14-29)34-32(6-3-5-27-23-30(40-36)15-16-33(27)34)25-7-11-28(12-8-25)38-20-1-2-21-38/h7-16,23,31H,1-6,17-22,24H2/t31-/m0/s1. The fraction of sp³-hybridized carbons (Fsp3) is 0.412. The molecular weight excluding hydrogens is 506 g/mol. The molecule has 210 valence electrons. The van der Waals surface area contributed by atoms with Crippen LogP contribution < -0.4 is 14.6 Å². The van der Waals surface area contributed by atoms with Gasteiger partial charge in [0.05, 0.1) is 6.67 Å². The Morgan fingerprint density at radius 1 is 0.800 bits per heavy atom. The first-order valence-corrected chi connectivity index (χ1v) is 14.8. The second kappa shape index (κ2) is 12.4. The second-order valence-electron chi connectivity index (χ2n) is 11.2. The quantitative estimate of drug-likeness (QED) is 0.276. The summed E-state index contributed by atoms with van der Waals surface area (Å²) in [5.41, 5.74) is 8.39. The van der Waals surface area contributed by atoms with Gasteiger partial charge >= 0.3 is 0 Å². The summed E-state index contributed by atoms with van der Waals surface area (Å²) in [6.07, 6.45) is 6.99. The number of fused-ring (bicyclic) bond motifs is 1. The molecule has 3 aromatic rings. The van der Waals surface area contributed by atoms with Crippen LogP contribution in [0.25, 0.3) is 11.1 Å². The lowest BCUT2D eigenvalue weighted by molar-refractivity contribution is -0.00629. The van der Waals surface area contributed by atoms with E-state index in [2.05, 4.69) is 63.3 Å². The van der Waals surface area contributed by atoms with Crippen molar-refractivity contribution in [3.8, 4) is 11.5 Å². The summed E-state index contributed by atoms with van der Waals surface area (Å²) in [6.45, 7) is 4.58. The van der Waals surface area contributed by atoms with Crippen LogP contribution in [-0.4, -0.2) is 50.4 Å². The van der Waals surface area contributed by atoms with Gasteiger partial charge in [0.2, 0.25) is 0 Å². The lowest BCUT2D eigenvalue weighted by Crippen LogP contribution is -2.26. The molecule has 1 atom stereocenters. The maximum atomic E-state index is 13.1. The van der Waals surface area contributed by atoms with Crippen LogP contribution in [0.1, 0.15) is 60.8 Å². The number of benzene rings is 3. The van der Waals surface area contributed by atoms with Crippen molar-refractivity contribution in [1.82, 2.24) is 4.90 Å². The number of aryl methyl sites for hydroxylation is 1. The predicted octanol–water partition coefficient (Wildman–Crippen LogP) is 7.66. The minimum absolute atomic E-state index is 0.132. The minimum atomic E-state index is -0.269. The first kappa shape index (κ1) is 26.8. The smallest absolute Gasteiger partial charge is 0.172 e. The van der Waals surface area contributed by atoms with Crippen molar-refractivity contribution in [3.63, 3.8) is 0 Å². The molecule has 0 bridgehead atoms. The number of rotatable bonds is 9. The number of ether oxygens (including phenoxy) is 1. The third kappa shape index (κ3) is 5.87. The van der Waals surface area contributed by atoms with Crippen LogP contribution >= 0.6 is 0 Å². The molecular formula is C34H38F2N2O2. The number of nitrogens with zero attached hydrogens (tertiary/aromatic N) is 2. The summed E-state index contributed by atoms with van der Waals surface area (Å²) < 4.78 is 32.0. The molecule has 6 heteroatoms. The maximum Gasteiger partial charge on any atom is 0.172 e. The van der Waals surface area contributed by atoms with Gasteiger partial charge in [0.15, 0.2) is 5.75 Å². The molecule has 3 aromatic carbocycles. The van der Waals surface area contributed by atoms with E-state index in [-0.39, 0.29) is 18.5 Å². The van der Waals surface area contributed by atoms with E-state index in [0.717, 1.165) is 80.8 Å². The van der Waals surface area contributed by atoms with Gasteiger partial charge in [0, 0.05) is 42.9 Å². The predicted molar refractivity (Wildman–Crippen MR) is 157 cm³/mol. The molecule has 40 heavy (non-hydrogen) atoms. The fourth-order valence-electron chi connectivity index (χ4n) is 6.55. The number of allylic oxidation sites excluding steroid dienone is 1. The molecule has 2 heterocycles. The monoisotopic (exact) mass is 544 g/mol. The summed E-state index contributed by atoms with van der Waals surface area (Å²) in [5.74, 6) is 1.10. The number of alkyl halides is 1. The van der Waals surface area contributed by atoms with Gasteiger partial charge in [-0.05, 0) is 115 Å². The van der Waals surface area contributed by atoms with Crippen LogP contribution in [-0.2, 0) is 6.42 Å². The van der Waals surface area contributed by atoms with Gasteiger partial charge in [-0.2, -0.15) is 0 Å². The Morgan fingerprint density at radius 3 is 2.30 bits per heavy atom. The fourth-order valence-corrected chi connectivity index (χ4v) is 6.55. The van der Waals surface area contributed by atoms with Gasteiger partial charge in [-0.25, -0.2) is 0 Å². The summed E-state index contributed by atoms with van der Waals surface area (Å²) >= 11 is 0. The number of hydrogen-bond acceptors (Lipinski definition) is 4. The minimum Gasteiger partial charge on any atom is -0.489 e. The van der Waals surface area contributed by atoms with Crippen LogP contribution in [0.3, 0.4) is 0 Å². The van der Waals surface area contributed by atoms with Crippen LogP contribution in [0, 0.1) is 0 Å². The zero-order chi connectivity index (χ0) is 27.3. The Hall–Kier alpha value is -3.38. The molecule has 0 N–H and O–H groups in total. The van der Waals surface area contributed by atoms with E-state index in [1.165, 1.54) is 35.2 Å². The average Bonchev–Trinajstić information content (AvgIpc) is 3.66. The van der Waals surface area contributed by atoms with Gasteiger partial charge in [-0.15, -0.1) is 0 Å². The molecule has 0 radical (unpaired) electrons. The molecule has 1 aliphatic carbocycles. The molecule has 2 saturated heterocycles. The largest absolute Gasteiger partial charge is 0.489 e. The number of halogens is 2. The van der Waals surface area contributed by atoms with Crippen molar-refractivity contribution < 1.29 is 18.6 Å². The van der Waals surface area contributed by atoms with E-state index in [0.29, 0.717) is 6.42 Å². The van der Waals surface area contributed by atoms with E-state index < -0.39 is 0 Å². The molecule has 6 rings (SSSR count). The van der Waals surface area contributed by atoms with Gasteiger partial charge in [-0.1, -0.05) is 30.3 Å². The topological polar surface area (TPSA) is 24.9 Å². The first-order chi connectivity index (χ1) is 19.7. The Balaban J connectivity index is 1.31. The SMILES string of the molecule is FCCCN1CC[C@H](Oc2ccc(C3=C(c4ccc(N5CCCC5)cc4)CCCc4cc(OF)ccc43)cc2)C1. The van der Waals surface area contributed by atoms with Crippen LogP contribution in [0.5, 0.6) is 11.5 Å². The van der Waals surface area contributed by atoms with Crippen molar-refractivity contribution in [2.24, 2.45) is 0 Å². The third-order valence-electron chi connectivity index (χ3n) is 8.58. The normalized spacial score (nSPS) is 19.6. The Labute approximate surface area is 236 Å². The average molecular weight is 545 g/mol. The van der Waals surface area contributed by atoms with Gasteiger partial charge in [0.1, 0.15) is 11.9 Å². The van der Waals surface area contributed by atoms with E-state index in [9.17, 15) is 8.92 Å². The van der Waals surface area contributed by atoms with Crippen LogP contribution in [0.2, 0.25) is 0 Å². The highest BCUT2D eigenvalue weighted by atomic mass is 19.3. The number of likely N-dealkylation sites (tertiary alicyclic amines) is 1. The molecule has 0 spiro atoms. The highest BCUT2D eigenvalue weighted by molar-refractivity contribution is 6.00. The van der Waals surface area contributed by atoms with Crippen LogP contribution in [0.15, 0.2) is 66.7 Å². The van der Waals surface area contributed by atoms with Gasteiger partial charge in [-0.3, -0.25) is 14.2 Å². The first-order valence-electron chi connectivity index (χ1n) is 14.8. The zero-order valence-electron chi connectivity index (χ0n) is 23.1. The molecule has 0 aromatic heterocycles. The zero-order valence-corrected chi connectivity index (χ0v) is 23.1. The van der Waals surface area contributed by atoms with Gasteiger partial charge in [0.25, 0.3) is 0 Å². The third-order valence-corrected chi connectivity index (χ3v) is 8.58. The Bertz CT molecular complexity index is 1320. The number of anilines is 1. The molecule has 2 aliphatic heterocycles. The van der Waals surface area contributed by atoms with Crippen LogP contribution in [0.4, 0.5) is 14.6 Å². The molecule has 3 aliphatic rings. The number of hydrogen-bond donors (Lipinski definition) is 0. The van der Waals surface area contributed by atoms with Crippen molar-refractivity contribution in [2.45, 2.75) is 51.0 Å². The Kier molecular flexibility index (Phi) is 8.33. The highest BCUT2D eigenvalue weighted by Crippen LogP contribution is 2.41. The summed E-state index contributed by atoms with van der Waals surface area (Å²) in [4.78, 5) is 8.83. The maximum absolute atomic E-state index is 13.1. The molecule has 0 saturated carbocycles.